The van der Waals surface area contributed by atoms with Crippen LogP contribution in [0.15, 0.2) is 48.5 Å². The summed E-state index contributed by atoms with van der Waals surface area (Å²) >= 11 is 0. The van der Waals surface area contributed by atoms with Crippen LogP contribution in [0.25, 0.3) is 0 Å². The molecule has 2 fully saturated rings. The van der Waals surface area contributed by atoms with Crippen molar-refractivity contribution in [2.75, 3.05) is 37.6 Å². The third kappa shape index (κ3) is 7.82. The number of anilines is 1. The van der Waals surface area contributed by atoms with Gasteiger partial charge in [0.25, 0.3) is 0 Å². The van der Waals surface area contributed by atoms with E-state index in [1.54, 1.807) is 0 Å². The summed E-state index contributed by atoms with van der Waals surface area (Å²) in [6.45, 7) is 3.85. The van der Waals surface area contributed by atoms with Crippen molar-refractivity contribution in [1.29, 1.82) is 0 Å². The van der Waals surface area contributed by atoms with Crippen molar-refractivity contribution >= 4 is 11.6 Å². The highest BCUT2D eigenvalue weighted by atomic mass is 19.4. The lowest BCUT2D eigenvalue weighted by Crippen LogP contribution is -2.46. The Labute approximate surface area is 214 Å². The molecule has 0 atom stereocenters. The maximum Gasteiger partial charge on any atom is 0.573 e. The van der Waals surface area contributed by atoms with Crippen LogP contribution in [0, 0.1) is 11.7 Å². The average Bonchev–Trinajstić information content (AvgIpc) is 2.87. The molecule has 0 unspecified atom stereocenters. The lowest BCUT2D eigenvalue weighted by molar-refractivity contribution is -0.275. The maximum atomic E-state index is 14.0. The molecule has 1 amide bonds. The molecule has 2 aromatic carbocycles. The maximum absolute atomic E-state index is 14.0. The van der Waals surface area contributed by atoms with Gasteiger partial charge < -0.3 is 20.1 Å². The first-order valence-electron chi connectivity index (χ1n) is 12.7. The highest BCUT2D eigenvalue weighted by Crippen LogP contribution is 2.31. The molecule has 2 saturated heterocycles. The van der Waals surface area contributed by atoms with Crippen molar-refractivity contribution in [3.63, 3.8) is 0 Å². The topological polar surface area (TPSA) is 65.0 Å². The Morgan fingerprint density at radius 2 is 1.73 bits per heavy atom. The Hall–Kier alpha value is -2.85. The van der Waals surface area contributed by atoms with E-state index >= 15 is 0 Å². The first-order valence-corrected chi connectivity index (χ1v) is 12.7. The van der Waals surface area contributed by atoms with Gasteiger partial charge >= 0.3 is 6.36 Å². The fourth-order valence-electron chi connectivity index (χ4n) is 5.08. The van der Waals surface area contributed by atoms with E-state index in [1.165, 1.54) is 11.6 Å². The van der Waals surface area contributed by atoms with E-state index in [0.29, 0.717) is 57.4 Å². The first-order chi connectivity index (χ1) is 17.6. The summed E-state index contributed by atoms with van der Waals surface area (Å²) < 4.78 is 54.8. The number of ether oxygens (including phenoxy) is 1. The summed E-state index contributed by atoms with van der Waals surface area (Å²) in [4.78, 5) is 16.8. The Morgan fingerprint density at radius 3 is 2.35 bits per heavy atom. The standard InChI is InChI=1S/C27H33F4N3O3/c28-23-18-22(6-7-24(23)37-27(29,30)31)34-14-8-21(9-15-34)25(35)32-13-10-26(36)11-16-33(17-12-26)19-20-4-2-1-3-5-20/h1-7,18,21,36H,8-17,19H2,(H,32,35). The number of nitrogens with zero attached hydrogens (tertiary/aromatic N) is 2. The largest absolute Gasteiger partial charge is 0.573 e. The van der Waals surface area contributed by atoms with Crippen LogP contribution in [0.1, 0.15) is 37.7 Å². The monoisotopic (exact) mass is 523 g/mol. The van der Waals surface area contributed by atoms with Gasteiger partial charge in [0.2, 0.25) is 5.91 Å². The number of nitrogens with one attached hydrogen (secondary N) is 1. The van der Waals surface area contributed by atoms with Gasteiger partial charge in [0, 0.05) is 56.9 Å². The van der Waals surface area contributed by atoms with Crippen LogP contribution in [0.5, 0.6) is 5.75 Å². The van der Waals surface area contributed by atoms with E-state index in [4.69, 9.17) is 0 Å². The van der Waals surface area contributed by atoms with Crippen molar-refractivity contribution in [1.82, 2.24) is 10.2 Å². The molecule has 4 rings (SSSR count). The normalized spacial score (nSPS) is 19.0. The van der Waals surface area contributed by atoms with Gasteiger partial charge in [-0.2, -0.15) is 0 Å². The zero-order chi connectivity index (χ0) is 26.5. The fourth-order valence-corrected chi connectivity index (χ4v) is 5.08. The lowest BCUT2D eigenvalue weighted by Gasteiger charge is -2.38. The Kier molecular flexibility index (Phi) is 8.59. The molecule has 2 N–H and O–H groups in total. The number of rotatable bonds is 8. The molecule has 0 spiro atoms. The molecule has 0 aromatic heterocycles. The molecule has 10 heteroatoms. The summed E-state index contributed by atoms with van der Waals surface area (Å²) in [7, 11) is 0. The SMILES string of the molecule is O=C(NCCC1(O)CCN(Cc2ccccc2)CC1)C1CCN(c2ccc(OC(F)(F)F)c(F)c2)CC1. The van der Waals surface area contributed by atoms with Gasteiger partial charge in [-0.1, -0.05) is 30.3 Å². The van der Waals surface area contributed by atoms with E-state index in [2.05, 4.69) is 27.1 Å². The summed E-state index contributed by atoms with van der Waals surface area (Å²) in [5.74, 6) is -2.21. The smallest absolute Gasteiger partial charge is 0.403 e. The third-order valence-corrected chi connectivity index (χ3v) is 7.30. The molecular formula is C27H33F4N3O3. The summed E-state index contributed by atoms with van der Waals surface area (Å²) in [5.41, 5.74) is 0.922. The van der Waals surface area contributed by atoms with Crippen LogP contribution < -0.4 is 15.0 Å². The van der Waals surface area contributed by atoms with Crippen molar-refractivity contribution in [2.24, 2.45) is 5.92 Å². The highest BCUT2D eigenvalue weighted by molar-refractivity contribution is 5.79. The van der Waals surface area contributed by atoms with Crippen LogP contribution in [0.3, 0.4) is 0 Å². The summed E-state index contributed by atoms with van der Waals surface area (Å²) in [5, 5.41) is 13.9. The molecule has 37 heavy (non-hydrogen) atoms. The van der Waals surface area contributed by atoms with Crippen LogP contribution in [0.2, 0.25) is 0 Å². The van der Waals surface area contributed by atoms with Crippen LogP contribution in [-0.4, -0.2) is 60.6 Å². The number of hydrogen-bond acceptors (Lipinski definition) is 5. The minimum atomic E-state index is -4.95. The molecule has 2 aliphatic rings. The molecule has 202 valence electrons. The molecule has 6 nitrogen and oxygen atoms in total. The van der Waals surface area contributed by atoms with Crippen LogP contribution in [0.4, 0.5) is 23.2 Å². The quantitative estimate of drug-likeness (QED) is 0.500. The van der Waals surface area contributed by atoms with E-state index < -0.39 is 23.5 Å². The molecule has 2 aliphatic heterocycles. The molecule has 0 radical (unpaired) electrons. The molecule has 0 saturated carbocycles. The van der Waals surface area contributed by atoms with Gasteiger partial charge in [-0.15, -0.1) is 13.2 Å². The zero-order valence-corrected chi connectivity index (χ0v) is 20.6. The lowest BCUT2D eigenvalue weighted by atomic mass is 9.88. The number of benzene rings is 2. The highest BCUT2D eigenvalue weighted by Gasteiger charge is 2.34. The molecule has 2 aromatic rings. The molecule has 0 bridgehead atoms. The van der Waals surface area contributed by atoms with E-state index in [1.807, 2.05) is 23.1 Å². The number of alkyl halides is 3. The van der Waals surface area contributed by atoms with E-state index in [-0.39, 0.29) is 11.8 Å². The third-order valence-electron chi connectivity index (χ3n) is 7.30. The van der Waals surface area contributed by atoms with Crippen LogP contribution >= 0.6 is 0 Å². The number of carbonyl (C=O) groups excluding carboxylic acids is 1. The van der Waals surface area contributed by atoms with Gasteiger partial charge in [-0.25, -0.2) is 4.39 Å². The predicted octanol–water partition coefficient (Wildman–Crippen LogP) is 4.47. The average molecular weight is 524 g/mol. The second kappa shape index (κ2) is 11.7. The van der Waals surface area contributed by atoms with Crippen molar-refractivity contribution in [2.45, 2.75) is 50.6 Å². The fraction of sp³-hybridized carbons (Fsp3) is 0.519. The predicted molar refractivity (Wildman–Crippen MR) is 132 cm³/mol. The van der Waals surface area contributed by atoms with Crippen molar-refractivity contribution in [3.05, 3.63) is 59.9 Å². The zero-order valence-electron chi connectivity index (χ0n) is 20.6. The summed E-state index contributed by atoms with van der Waals surface area (Å²) in [6, 6.07) is 13.6. The Bertz CT molecular complexity index is 1030. The number of carbonyl (C=O) groups is 1. The number of likely N-dealkylation sites (tertiary alicyclic amines) is 1. The second-order valence-corrected chi connectivity index (χ2v) is 9.95. The van der Waals surface area contributed by atoms with Gasteiger partial charge in [0.05, 0.1) is 5.60 Å². The summed E-state index contributed by atoms with van der Waals surface area (Å²) in [6.07, 6.45) is -2.03. The molecule has 0 aliphatic carbocycles. The van der Waals surface area contributed by atoms with Crippen LogP contribution in [-0.2, 0) is 11.3 Å². The van der Waals surface area contributed by atoms with Crippen molar-refractivity contribution < 1.29 is 32.2 Å². The van der Waals surface area contributed by atoms with Gasteiger partial charge in [0.15, 0.2) is 11.6 Å². The Morgan fingerprint density at radius 1 is 1.05 bits per heavy atom. The molecular weight excluding hydrogens is 490 g/mol. The Balaban J connectivity index is 1.17. The number of piperidine rings is 2. The number of hydrogen-bond donors (Lipinski definition) is 2. The van der Waals surface area contributed by atoms with Gasteiger partial charge in [-0.05, 0) is 49.8 Å². The number of aliphatic hydroxyl groups is 1. The van der Waals surface area contributed by atoms with E-state index in [0.717, 1.165) is 31.8 Å². The second-order valence-electron chi connectivity index (χ2n) is 9.95. The van der Waals surface area contributed by atoms with Crippen molar-refractivity contribution in [3.8, 4) is 5.75 Å². The number of halogens is 4. The van der Waals surface area contributed by atoms with E-state index in [9.17, 15) is 27.5 Å². The minimum Gasteiger partial charge on any atom is -0.403 e. The minimum absolute atomic E-state index is 0.0649. The number of amides is 1. The van der Waals surface area contributed by atoms with Gasteiger partial charge in [0.1, 0.15) is 0 Å². The van der Waals surface area contributed by atoms with Gasteiger partial charge in [-0.3, -0.25) is 9.69 Å². The first kappa shape index (κ1) is 27.2. The molecule has 2 heterocycles.